The van der Waals surface area contributed by atoms with Gasteiger partial charge in [-0.25, -0.2) is 4.79 Å². The molecule has 0 aliphatic rings. The number of nitrogens with zero attached hydrogens (tertiary/aromatic N) is 1. The van der Waals surface area contributed by atoms with Crippen LogP contribution in [0.4, 0.5) is 0 Å². The van der Waals surface area contributed by atoms with Crippen molar-refractivity contribution in [2.75, 3.05) is 13.1 Å². The van der Waals surface area contributed by atoms with Gasteiger partial charge in [0, 0.05) is 18.5 Å². The van der Waals surface area contributed by atoms with E-state index in [1.54, 1.807) is 11.0 Å². The number of aryl methyl sites for hydroxylation is 1. The van der Waals surface area contributed by atoms with Crippen LogP contribution >= 0.6 is 0 Å². The topological polar surface area (TPSA) is 50.5 Å². The summed E-state index contributed by atoms with van der Waals surface area (Å²) in [6, 6.07) is 7.33. The molecule has 0 spiro atoms. The summed E-state index contributed by atoms with van der Waals surface area (Å²) in [5.41, 5.74) is 0.937. The molecule has 20 heavy (non-hydrogen) atoms. The van der Waals surface area contributed by atoms with Gasteiger partial charge in [-0.05, 0) is 31.9 Å². The molecule has 0 bridgehead atoms. The Morgan fingerprint density at radius 2 is 1.80 bits per heavy atom. The van der Waals surface area contributed by atoms with Crippen LogP contribution < -0.4 is 5.63 Å². The molecule has 0 radical (unpaired) electrons. The van der Waals surface area contributed by atoms with Gasteiger partial charge in [0.05, 0.1) is 0 Å². The highest BCUT2D eigenvalue weighted by Gasteiger charge is 2.23. The zero-order valence-electron chi connectivity index (χ0n) is 12.1. The fourth-order valence-corrected chi connectivity index (χ4v) is 2.47. The zero-order valence-corrected chi connectivity index (χ0v) is 12.1. The maximum absolute atomic E-state index is 12.5. The fourth-order valence-electron chi connectivity index (χ4n) is 2.47. The maximum Gasteiger partial charge on any atom is 0.349 e. The average Bonchev–Trinajstić information content (AvgIpc) is 2.46. The third-order valence-electron chi connectivity index (χ3n) is 3.54. The fraction of sp³-hybridized carbons (Fsp3) is 0.375. The number of benzene rings is 1. The van der Waals surface area contributed by atoms with E-state index < -0.39 is 5.63 Å². The van der Waals surface area contributed by atoms with Crippen molar-refractivity contribution in [3.8, 4) is 0 Å². The smallest absolute Gasteiger partial charge is 0.349 e. The van der Waals surface area contributed by atoms with E-state index in [4.69, 9.17) is 4.42 Å². The highest BCUT2D eigenvalue weighted by atomic mass is 16.4. The minimum Gasteiger partial charge on any atom is -0.422 e. The number of fused-ring (bicyclic) bond motifs is 1. The Morgan fingerprint density at radius 3 is 2.40 bits per heavy atom. The normalized spacial score (nSPS) is 10.8. The van der Waals surface area contributed by atoms with Crippen molar-refractivity contribution in [3.63, 3.8) is 0 Å². The molecule has 0 unspecified atom stereocenters. The van der Waals surface area contributed by atoms with Crippen molar-refractivity contribution in [1.82, 2.24) is 4.90 Å². The summed E-state index contributed by atoms with van der Waals surface area (Å²) in [5.74, 6) is -0.244. The Bertz CT molecular complexity index is 684. The third kappa shape index (κ3) is 2.33. The van der Waals surface area contributed by atoms with Gasteiger partial charge in [-0.15, -0.1) is 0 Å². The molecule has 4 nitrogen and oxygen atoms in total. The van der Waals surface area contributed by atoms with Crippen LogP contribution in [0.2, 0.25) is 0 Å². The first-order valence-electron chi connectivity index (χ1n) is 6.97. The van der Waals surface area contributed by atoms with Crippen LogP contribution in [0.25, 0.3) is 11.0 Å². The summed E-state index contributed by atoms with van der Waals surface area (Å²) >= 11 is 0. The summed E-state index contributed by atoms with van der Waals surface area (Å²) in [7, 11) is 0. The van der Waals surface area contributed by atoms with Crippen molar-refractivity contribution >= 4 is 16.9 Å². The van der Waals surface area contributed by atoms with Gasteiger partial charge in [0.1, 0.15) is 11.1 Å². The van der Waals surface area contributed by atoms with Gasteiger partial charge in [-0.2, -0.15) is 0 Å². The minimum atomic E-state index is -0.544. The molecule has 1 heterocycles. The van der Waals surface area contributed by atoms with Crippen molar-refractivity contribution in [1.29, 1.82) is 0 Å². The number of hydrogen-bond acceptors (Lipinski definition) is 3. The van der Waals surface area contributed by atoms with Gasteiger partial charge in [0.25, 0.3) is 5.91 Å². The second-order valence-electron chi connectivity index (χ2n) is 4.57. The SMILES string of the molecule is CCc1c(C(=O)N(CC)CC)c(=O)oc2ccccc12. The van der Waals surface area contributed by atoms with Gasteiger partial charge < -0.3 is 9.32 Å². The average molecular weight is 273 g/mol. The van der Waals surface area contributed by atoms with Gasteiger partial charge in [0.15, 0.2) is 0 Å². The van der Waals surface area contributed by atoms with E-state index in [2.05, 4.69) is 0 Å². The first-order chi connectivity index (χ1) is 9.63. The molecule has 0 saturated carbocycles. The quantitative estimate of drug-likeness (QED) is 0.805. The Morgan fingerprint density at radius 1 is 1.15 bits per heavy atom. The highest BCUT2D eigenvalue weighted by Crippen LogP contribution is 2.21. The van der Waals surface area contributed by atoms with E-state index in [1.807, 2.05) is 39.0 Å². The minimum absolute atomic E-state index is 0.176. The third-order valence-corrected chi connectivity index (χ3v) is 3.54. The van der Waals surface area contributed by atoms with Crippen molar-refractivity contribution in [3.05, 3.63) is 45.8 Å². The number of rotatable bonds is 4. The molecule has 0 fully saturated rings. The maximum atomic E-state index is 12.5. The van der Waals surface area contributed by atoms with Crippen LogP contribution in [0.1, 0.15) is 36.7 Å². The molecule has 2 aromatic rings. The molecule has 0 aliphatic heterocycles. The van der Waals surface area contributed by atoms with E-state index in [0.717, 1.165) is 10.9 Å². The summed E-state index contributed by atoms with van der Waals surface area (Å²) in [6.45, 7) is 6.89. The van der Waals surface area contributed by atoms with Crippen LogP contribution in [0.15, 0.2) is 33.5 Å². The molecule has 0 atom stereocenters. The molecule has 0 N–H and O–H groups in total. The monoisotopic (exact) mass is 273 g/mol. The lowest BCUT2D eigenvalue weighted by Crippen LogP contribution is -2.34. The van der Waals surface area contributed by atoms with E-state index >= 15 is 0 Å². The standard InChI is InChI=1S/C16H19NO3/c1-4-11-12-9-7-8-10-13(12)20-16(19)14(11)15(18)17(5-2)6-3/h7-10H,4-6H2,1-3H3. The summed E-state index contributed by atoms with van der Waals surface area (Å²) in [6.07, 6.45) is 0.619. The van der Waals surface area contributed by atoms with Gasteiger partial charge in [-0.3, -0.25) is 4.79 Å². The van der Waals surface area contributed by atoms with E-state index in [-0.39, 0.29) is 11.5 Å². The van der Waals surface area contributed by atoms with Gasteiger partial charge in [0.2, 0.25) is 0 Å². The molecule has 1 aromatic heterocycles. The lowest BCUT2D eigenvalue weighted by molar-refractivity contribution is 0.0768. The van der Waals surface area contributed by atoms with Crippen LogP contribution in [-0.4, -0.2) is 23.9 Å². The Balaban J connectivity index is 2.72. The van der Waals surface area contributed by atoms with E-state index in [0.29, 0.717) is 25.1 Å². The van der Waals surface area contributed by atoms with E-state index in [9.17, 15) is 9.59 Å². The number of amides is 1. The van der Waals surface area contributed by atoms with Crippen LogP contribution in [0.3, 0.4) is 0 Å². The highest BCUT2D eigenvalue weighted by molar-refractivity contribution is 5.99. The molecular formula is C16H19NO3. The molecule has 2 rings (SSSR count). The second kappa shape index (κ2) is 5.90. The Kier molecular flexibility index (Phi) is 4.23. The van der Waals surface area contributed by atoms with Gasteiger partial charge >= 0.3 is 5.63 Å². The van der Waals surface area contributed by atoms with Crippen molar-refractivity contribution < 1.29 is 9.21 Å². The molecule has 0 aliphatic carbocycles. The molecular weight excluding hydrogens is 254 g/mol. The summed E-state index contributed by atoms with van der Waals surface area (Å²) in [5, 5.41) is 0.838. The number of hydrogen-bond donors (Lipinski definition) is 0. The van der Waals surface area contributed by atoms with E-state index in [1.165, 1.54) is 0 Å². The first kappa shape index (κ1) is 14.3. The van der Waals surface area contributed by atoms with Crippen LogP contribution in [0.5, 0.6) is 0 Å². The van der Waals surface area contributed by atoms with Crippen molar-refractivity contribution in [2.24, 2.45) is 0 Å². The second-order valence-corrected chi connectivity index (χ2v) is 4.57. The Labute approximate surface area is 118 Å². The molecule has 1 amide bonds. The van der Waals surface area contributed by atoms with Gasteiger partial charge in [-0.1, -0.05) is 25.1 Å². The summed E-state index contributed by atoms with van der Waals surface area (Å²) < 4.78 is 5.29. The predicted molar refractivity (Wildman–Crippen MR) is 79.1 cm³/mol. The largest absolute Gasteiger partial charge is 0.422 e. The number of carbonyl (C=O) groups excluding carboxylic acids is 1. The number of carbonyl (C=O) groups is 1. The molecule has 4 heteroatoms. The molecule has 106 valence electrons. The van der Waals surface area contributed by atoms with Crippen LogP contribution in [0, 0.1) is 0 Å². The zero-order chi connectivity index (χ0) is 14.7. The predicted octanol–water partition coefficient (Wildman–Crippen LogP) is 2.84. The van der Waals surface area contributed by atoms with Crippen molar-refractivity contribution in [2.45, 2.75) is 27.2 Å². The van der Waals surface area contributed by atoms with Crippen LogP contribution in [-0.2, 0) is 6.42 Å². The number of para-hydroxylation sites is 1. The molecule has 1 aromatic carbocycles. The summed E-state index contributed by atoms with van der Waals surface area (Å²) in [4.78, 5) is 26.3. The first-order valence-corrected chi connectivity index (χ1v) is 6.97. The lowest BCUT2D eigenvalue weighted by atomic mass is 10.0. The molecule has 0 saturated heterocycles. The Hall–Kier alpha value is -2.10. The lowest BCUT2D eigenvalue weighted by Gasteiger charge is -2.19.